The fourth-order valence-corrected chi connectivity index (χ4v) is 3.78. The lowest BCUT2D eigenvalue weighted by molar-refractivity contribution is -0.117. The minimum Gasteiger partial charge on any atom is -0.352 e. The van der Waals surface area contributed by atoms with Crippen molar-refractivity contribution < 1.29 is 9.59 Å². The van der Waals surface area contributed by atoms with Crippen molar-refractivity contribution in [1.29, 1.82) is 0 Å². The van der Waals surface area contributed by atoms with Crippen LogP contribution < -0.4 is 21.5 Å². The van der Waals surface area contributed by atoms with E-state index in [0.717, 1.165) is 16.9 Å². The van der Waals surface area contributed by atoms with Crippen LogP contribution in [0.25, 0.3) is 5.69 Å². The quantitative estimate of drug-likeness (QED) is 0.643. The van der Waals surface area contributed by atoms with Crippen LogP contribution in [0.15, 0.2) is 77.7 Å². The summed E-state index contributed by atoms with van der Waals surface area (Å²) in [6, 6.07) is 19.5. The lowest BCUT2D eigenvalue weighted by Crippen LogP contribution is -2.31. The number of amides is 2. The minimum atomic E-state index is -0.168. The third-order valence-electron chi connectivity index (χ3n) is 5.44. The van der Waals surface area contributed by atoms with Crippen molar-refractivity contribution in [1.82, 2.24) is 9.88 Å². The van der Waals surface area contributed by atoms with Crippen LogP contribution in [0.3, 0.4) is 0 Å². The predicted molar refractivity (Wildman–Crippen MR) is 119 cm³/mol. The molecule has 3 N–H and O–H groups in total. The van der Waals surface area contributed by atoms with E-state index in [1.54, 1.807) is 39.9 Å². The fraction of sp³-hybridized carbons (Fsp3) is 0.208. The van der Waals surface area contributed by atoms with Crippen LogP contribution in [0, 0.1) is 5.92 Å². The van der Waals surface area contributed by atoms with Crippen LogP contribution in [-0.4, -0.2) is 29.5 Å². The maximum atomic E-state index is 12.5. The summed E-state index contributed by atoms with van der Waals surface area (Å²) in [5.41, 5.74) is 8.51. The molecule has 0 bridgehead atoms. The van der Waals surface area contributed by atoms with Gasteiger partial charge in [0.25, 0.3) is 11.5 Å². The minimum absolute atomic E-state index is 0.0222. The highest BCUT2D eigenvalue weighted by Crippen LogP contribution is 2.25. The molecular formula is C24H24N4O3. The van der Waals surface area contributed by atoms with Crippen molar-refractivity contribution >= 4 is 17.5 Å². The predicted octanol–water partition coefficient (Wildman–Crippen LogP) is 2.08. The smallest absolute Gasteiger partial charge is 0.255 e. The van der Waals surface area contributed by atoms with Crippen molar-refractivity contribution in [2.75, 3.05) is 18.0 Å². The second kappa shape index (κ2) is 8.97. The molecule has 7 heteroatoms. The third-order valence-corrected chi connectivity index (χ3v) is 5.44. The molecule has 0 radical (unpaired) electrons. The zero-order chi connectivity index (χ0) is 21.8. The summed E-state index contributed by atoms with van der Waals surface area (Å²) in [5.74, 6) is -0.113. The Bertz CT molecular complexity index is 1150. The zero-order valence-electron chi connectivity index (χ0n) is 17.0. The Morgan fingerprint density at radius 1 is 1.00 bits per heavy atom. The molecule has 1 atom stereocenters. The standard InChI is InChI=1S/C24H24N4O3/c25-14-17-4-3-5-19(12-17)24(31)26-15-18-13-23(30)28(16-18)21-9-7-20(8-10-21)27-11-2-1-6-22(27)29/h1-12,18H,13-16,25H2,(H,26,31). The molecule has 1 unspecified atom stereocenters. The van der Waals surface area contributed by atoms with E-state index < -0.39 is 0 Å². The highest BCUT2D eigenvalue weighted by atomic mass is 16.2. The summed E-state index contributed by atoms with van der Waals surface area (Å²) < 4.78 is 1.55. The van der Waals surface area contributed by atoms with Crippen molar-refractivity contribution in [2.45, 2.75) is 13.0 Å². The topological polar surface area (TPSA) is 97.4 Å². The van der Waals surface area contributed by atoms with Crippen LogP contribution in [0.5, 0.6) is 0 Å². The summed E-state index contributed by atoms with van der Waals surface area (Å²) in [4.78, 5) is 38.7. The number of nitrogens with two attached hydrogens (primary N) is 1. The molecule has 3 aromatic rings. The molecule has 0 saturated carbocycles. The van der Waals surface area contributed by atoms with Crippen LogP contribution in [0.2, 0.25) is 0 Å². The molecule has 158 valence electrons. The average Bonchev–Trinajstić information content (AvgIpc) is 3.18. The first-order valence-corrected chi connectivity index (χ1v) is 10.2. The second-order valence-electron chi connectivity index (χ2n) is 7.61. The molecule has 2 heterocycles. The lowest BCUT2D eigenvalue weighted by Gasteiger charge is -2.18. The number of pyridine rings is 1. The summed E-state index contributed by atoms with van der Waals surface area (Å²) in [6.45, 7) is 1.34. The number of anilines is 1. The number of benzene rings is 2. The number of carbonyl (C=O) groups is 2. The van der Waals surface area contributed by atoms with Crippen molar-refractivity contribution in [3.63, 3.8) is 0 Å². The Morgan fingerprint density at radius 2 is 1.77 bits per heavy atom. The summed E-state index contributed by atoms with van der Waals surface area (Å²) >= 11 is 0. The van der Waals surface area contributed by atoms with E-state index in [9.17, 15) is 14.4 Å². The van der Waals surface area contributed by atoms with Crippen molar-refractivity contribution in [2.24, 2.45) is 11.7 Å². The van der Waals surface area contributed by atoms with Gasteiger partial charge in [0.2, 0.25) is 5.91 Å². The molecule has 1 aliphatic rings. The van der Waals surface area contributed by atoms with E-state index in [1.807, 2.05) is 36.4 Å². The molecule has 0 aliphatic carbocycles. The molecule has 31 heavy (non-hydrogen) atoms. The first kappa shape index (κ1) is 20.6. The van der Waals surface area contributed by atoms with Gasteiger partial charge in [-0.1, -0.05) is 18.2 Å². The second-order valence-corrected chi connectivity index (χ2v) is 7.61. The number of aromatic nitrogens is 1. The molecule has 7 nitrogen and oxygen atoms in total. The molecule has 1 saturated heterocycles. The van der Waals surface area contributed by atoms with Crippen LogP contribution >= 0.6 is 0 Å². The molecule has 1 aliphatic heterocycles. The van der Waals surface area contributed by atoms with Gasteiger partial charge in [-0.15, -0.1) is 0 Å². The van der Waals surface area contributed by atoms with Gasteiger partial charge in [-0.2, -0.15) is 0 Å². The molecule has 4 rings (SSSR count). The van der Waals surface area contributed by atoms with Gasteiger partial charge < -0.3 is 16.0 Å². The van der Waals surface area contributed by atoms with E-state index in [4.69, 9.17) is 5.73 Å². The van der Waals surface area contributed by atoms with Gasteiger partial charge in [0, 0.05) is 61.2 Å². The Labute approximate surface area is 180 Å². The van der Waals surface area contributed by atoms with Gasteiger partial charge in [-0.3, -0.25) is 19.0 Å². The monoisotopic (exact) mass is 416 g/mol. The van der Waals surface area contributed by atoms with Gasteiger partial charge in [0.15, 0.2) is 0 Å². The largest absolute Gasteiger partial charge is 0.352 e. The third kappa shape index (κ3) is 4.57. The molecule has 0 spiro atoms. The van der Waals surface area contributed by atoms with Gasteiger partial charge in [-0.05, 0) is 48.0 Å². The highest BCUT2D eigenvalue weighted by molar-refractivity contribution is 5.96. The van der Waals surface area contributed by atoms with Gasteiger partial charge >= 0.3 is 0 Å². The SMILES string of the molecule is NCc1cccc(C(=O)NCC2CC(=O)N(c3ccc(-n4ccccc4=O)cc3)C2)c1. The summed E-state index contributed by atoms with van der Waals surface area (Å²) in [7, 11) is 0. The van der Waals surface area contributed by atoms with Crippen LogP contribution in [0.1, 0.15) is 22.3 Å². The molecular weight excluding hydrogens is 392 g/mol. The maximum absolute atomic E-state index is 12.5. The fourth-order valence-electron chi connectivity index (χ4n) is 3.78. The Hall–Kier alpha value is -3.71. The number of nitrogens with zero attached hydrogens (tertiary/aromatic N) is 2. The van der Waals surface area contributed by atoms with E-state index >= 15 is 0 Å². The normalized spacial score (nSPS) is 15.8. The van der Waals surface area contributed by atoms with E-state index in [1.165, 1.54) is 6.07 Å². The first-order chi connectivity index (χ1) is 15.0. The lowest BCUT2D eigenvalue weighted by atomic mass is 10.1. The van der Waals surface area contributed by atoms with Gasteiger partial charge in [-0.25, -0.2) is 0 Å². The van der Waals surface area contributed by atoms with Crippen molar-refractivity contribution in [3.05, 3.63) is 94.4 Å². The van der Waals surface area contributed by atoms with Gasteiger partial charge in [0.05, 0.1) is 0 Å². The zero-order valence-corrected chi connectivity index (χ0v) is 17.0. The van der Waals surface area contributed by atoms with Crippen molar-refractivity contribution in [3.8, 4) is 5.69 Å². The van der Waals surface area contributed by atoms with E-state index in [2.05, 4.69) is 5.32 Å². The Balaban J connectivity index is 1.38. The molecule has 1 aromatic heterocycles. The van der Waals surface area contributed by atoms with Crippen LogP contribution in [0.4, 0.5) is 5.69 Å². The number of rotatable bonds is 6. The number of nitrogens with one attached hydrogen (secondary N) is 1. The molecule has 2 aromatic carbocycles. The molecule has 1 fully saturated rings. The summed E-state index contributed by atoms with van der Waals surface area (Å²) in [6.07, 6.45) is 2.09. The maximum Gasteiger partial charge on any atom is 0.255 e. The first-order valence-electron chi connectivity index (χ1n) is 10.2. The van der Waals surface area contributed by atoms with Crippen LogP contribution in [-0.2, 0) is 11.3 Å². The Kier molecular flexibility index (Phi) is 5.95. The average molecular weight is 416 g/mol. The number of carbonyl (C=O) groups excluding carboxylic acids is 2. The van der Waals surface area contributed by atoms with Gasteiger partial charge in [0.1, 0.15) is 0 Å². The Morgan fingerprint density at radius 3 is 2.52 bits per heavy atom. The molecule has 2 amide bonds. The van der Waals surface area contributed by atoms with E-state index in [-0.39, 0.29) is 23.3 Å². The number of hydrogen-bond donors (Lipinski definition) is 2. The summed E-state index contributed by atoms with van der Waals surface area (Å²) in [5, 5.41) is 2.92. The highest BCUT2D eigenvalue weighted by Gasteiger charge is 2.30. The number of hydrogen-bond acceptors (Lipinski definition) is 4. The van der Waals surface area contributed by atoms with E-state index in [0.29, 0.717) is 31.6 Å².